The predicted octanol–water partition coefficient (Wildman–Crippen LogP) is 2.56. The molecular weight excluding hydrogens is 338 g/mol. The lowest BCUT2D eigenvalue weighted by molar-refractivity contribution is -0.123. The van der Waals surface area contributed by atoms with Crippen molar-refractivity contribution in [2.75, 3.05) is 38.3 Å². The fourth-order valence-electron chi connectivity index (χ4n) is 2.91. The Morgan fingerprint density at radius 2 is 2.16 bits per heavy atom. The van der Waals surface area contributed by atoms with Crippen LogP contribution in [-0.2, 0) is 4.79 Å². The third-order valence-electron chi connectivity index (χ3n) is 4.23. The molecule has 1 saturated heterocycles. The summed E-state index contributed by atoms with van der Waals surface area (Å²) in [5.41, 5.74) is 0. The molecule has 1 amide bonds. The van der Waals surface area contributed by atoms with Gasteiger partial charge in [-0.05, 0) is 43.0 Å². The first-order valence-electron chi connectivity index (χ1n) is 8.42. The number of carbonyl (C=O) groups is 1. The van der Waals surface area contributed by atoms with E-state index in [9.17, 15) is 4.79 Å². The van der Waals surface area contributed by atoms with Gasteiger partial charge in [0.1, 0.15) is 11.5 Å². The summed E-state index contributed by atoms with van der Waals surface area (Å²) in [5, 5.41) is 6.04. The number of piperidine rings is 1. The Morgan fingerprint density at radius 1 is 1.36 bits per heavy atom. The van der Waals surface area contributed by atoms with E-state index in [0.29, 0.717) is 18.2 Å². The van der Waals surface area contributed by atoms with Gasteiger partial charge >= 0.3 is 0 Å². The van der Waals surface area contributed by atoms with Crippen molar-refractivity contribution in [3.05, 3.63) is 35.8 Å². The van der Waals surface area contributed by atoms with E-state index in [4.69, 9.17) is 9.47 Å². The van der Waals surface area contributed by atoms with Crippen molar-refractivity contribution in [2.24, 2.45) is 5.92 Å². The SMILES string of the molecule is COc1ccc(OCC(=O)NCC2CCCN(c3nccs3)C2)cc1. The lowest BCUT2D eigenvalue weighted by Crippen LogP contribution is -2.41. The number of ether oxygens (including phenoxy) is 2. The minimum absolute atomic E-state index is 0.0231. The van der Waals surface area contributed by atoms with Gasteiger partial charge in [0.15, 0.2) is 11.7 Å². The molecule has 0 aliphatic carbocycles. The Labute approximate surface area is 151 Å². The van der Waals surface area contributed by atoms with Crippen LogP contribution in [0.15, 0.2) is 35.8 Å². The number of aromatic nitrogens is 1. The number of methoxy groups -OCH3 is 1. The number of hydrogen-bond donors (Lipinski definition) is 1. The number of carbonyl (C=O) groups excluding carboxylic acids is 1. The second-order valence-electron chi connectivity index (χ2n) is 6.04. The molecule has 134 valence electrons. The fourth-order valence-corrected chi connectivity index (χ4v) is 3.59. The maximum atomic E-state index is 12.0. The Morgan fingerprint density at radius 3 is 2.88 bits per heavy atom. The molecule has 1 aliphatic heterocycles. The van der Waals surface area contributed by atoms with Gasteiger partial charge in [0.2, 0.25) is 0 Å². The molecule has 25 heavy (non-hydrogen) atoms. The number of nitrogens with zero attached hydrogens (tertiary/aromatic N) is 2. The van der Waals surface area contributed by atoms with Gasteiger partial charge < -0.3 is 19.7 Å². The van der Waals surface area contributed by atoms with Gasteiger partial charge in [0.25, 0.3) is 5.91 Å². The number of thiazole rings is 1. The van der Waals surface area contributed by atoms with E-state index < -0.39 is 0 Å². The second-order valence-corrected chi connectivity index (χ2v) is 6.91. The molecule has 1 unspecified atom stereocenters. The van der Waals surface area contributed by atoms with E-state index in [0.717, 1.165) is 36.8 Å². The van der Waals surface area contributed by atoms with Gasteiger partial charge in [-0.25, -0.2) is 4.98 Å². The van der Waals surface area contributed by atoms with E-state index in [1.807, 2.05) is 23.7 Å². The number of amides is 1. The highest BCUT2D eigenvalue weighted by Gasteiger charge is 2.21. The van der Waals surface area contributed by atoms with Crippen molar-refractivity contribution < 1.29 is 14.3 Å². The number of rotatable bonds is 7. The average molecular weight is 361 g/mol. The summed E-state index contributed by atoms with van der Waals surface area (Å²) in [4.78, 5) is 18.7. The Hall–Kier alpha value is -2.28. The first-order chi connectivity index (χ1) is 12.2. The molecule has 1 aromatic carbocycles. The molecule has 2 heterocycles. The van der Waals surface area contributed by atoms with Crippen molar-refractivity contribution in [1.82, 2.24) is 10.3 Å². The third kappa shape index (κ3) is 5.09. The molecule has 1 aliphatic rings. The Balaban J connectivity index is 1.39. The lowest BCUT2D eigenvalue weighted by Gasteiger charge is -2.32. The van der Waals surface area contributed by atoms with E-state index in [-0.39, 0.29) is 12.5 Å². The highest BCUT2D eigenvalue weighted by molar-refractivity contribution is 7.13. The van der Waals surface area contributed by atoms with Crippen LogP contribution < -0.4 is 19.7 Å². The van der Waals surface area contributed by atoms with Crippen LogP contribution in [0.4, 0.5) is 5.13 Å². The van der Waals surface area contributed by atoms with E-state index in [1.54, 1.807) is 30.6 Å². The summed E-state index contributed by atoms with van der Waals surface area (Å²) >= 11 is 1.66. The van der Waals surface area contributed by atoms with E-state index in [1.165, 1.54) is 0 Å². The first kappa shape index (κ1) is 17.5. The van der Waals surface area contributed by atoms with Crippen molar-refractivity contribution >= 4 is 22.4 Å². The van der Waals surface area contributed by atoms with Gasteiger partial charge in [-0.2, -0.15) is 0 Å². The summed E-state index contributed by atoms with van der Waals surface area (Å²) in [7, 11) is 1.62. The third-order valence-corrected chi connectivity index (χ3v) is 5.06. The fraction of sp³-hybridized carbons (Fsp3) is 0.444. The molecule has 0 spiro atoms. The van der Waals surface area contributed by atoms with Crippen LogP contribution in [-0.4, -0.2) is 44.2 Å². The second kappa shape index (κ2) is 8.71. The normalized spacial score (nSPS) is 17.2. The molecule has 0 radical (unpaired) electrons. The largest absolute Gasteiger partial charge is 0.497 e. The minimum Gasteiger partial charge on any atom is -0.497 e. The average Bonchev–Trinajstić information content (AvgIpc) is 3.20. The molecule has 2 aromatic rings. The quantitative estimate of drug-likeness (QED) is 0.821. The number of anilines is 1. The van der Waals surface area contributed by atoms with Crippen LogP contribution >= 0.6 is 11.3 Å². The van der Waals surface area contributed by atoms with Crippen LogP contribution in [0.2, 0.25) is 0 Å². The van der Waals surface area contributed by atoms with Gasteiger partial charge in [-0.3, -0.25) is 4.79 Å². The highest BCUT2D eigenvalue weighted by atomic mass is 32.1. The van der Waals surface area contributed by atoms with Crippen molar-refractivity contribution in [2.45, 2.75) is 12.8 Å². The van der Waals surface area contributed by atoms with Gasteiger partial charge in [0.05, 0.1) is 7.11 Å². The maximum absolute atomic E-state index is 12.0. The predicted molar refractivity (Wildman–Crippen MR) is 98.5 cm³/mol. The molecule has 3 rings (SSSR count). The minimum atomic E-state index is -0.0952. The first-order valence-corrected chi connectivity index (χ1v) is 9.30. The summed E-state index contributed by atoms with van der Waals surface area (Å²) in [6, 6.07) is 7.20. The molecular formula is C18H23N3O3S. The van der Waals surface area contributed by atoms with Crippen LogP contribution in [0.1, 0.15) is 12.8 Å². The molecule has 1 atom stereocenters. The van der Waals surface area contributed by atoms with Gasteiger partial charge in [0, 0.05) is 31.2 Å². The van der Waals surface area contributed by atoms with Crippen LogP contribution in [0.3, 0.4) is 0 Å². The van der Waals surface area contributed by atoms with Crippen molar-refractivity contribution in [3.8, 4) is 11.5 Å². The van der Waals surface area contributed by atoms with E-state index in [2.05, 4.69) is 15.2 Å². The standard InChI is InChI=1S/C18H23N3O3S/c1-23-15-4-6-16(7-5-15)24-13-17(22)20-11-14-3-2-9-21(12-14)18-19-8-10-25-18/h4-8,10,14H,2-3,9,11-13H2,1H3,(H,20,22). The summed E-state index contributed by atoms with van der Waals surface area (Å²) < 4.78 is 10.6. The van der Waals surface area contributed by atoms with Gasteiger partial charge in [-0.1, -0.05) is 0 Å². The van der Waals surface area contributed by atoms with Gasteiger partial charge in [-0.15, -0.1) is 11.3 Å². The van der Waals surface area contributed by atoms with Crippen molar-refractivity contribution in [1.29, 1.82) is 0 Å². The molecule has 0 saturated carbocycles. The number of hydrogen-bond acceptors (Lipinski definition) is 6. The van der Waals surface area contributed by atoms with Crippen molar-refractivity contribution in [3.63, 3.8) is 0 Å². The monoisotopic (exact) mass is 361 g/mol. The number of benzene rings is 1. The van der Waals surface area contributed by atoms with Crippen LogP contribution in [0.25, 0.3) is 0 Å². The summed E-state index contributed by atoms with van der Waals surface area (Å²) in [5.74, 6) is 1.77. The molecule has 1 aromatic heterocycles. The number of nitrogens with one attached hydrogen (secondary N) is 1. The summed E-state index contributed by atoms with van der Waals surface area (Å²) in [6.45, 7) is 2.67. The topological polar surface area (TPSA) is 63.7 Å². The highest BCUT2D eigenvalue weighted by Crippen LogP contribution is 2.24. The molecule has 1 fully saturated rings. The van der Waals surface area contributed by atoms with Crippen LogP contribution in [0, 0.1) is 5.92 Å². The van der Waals surface area contributed by atoms with Crippen LogP contribution in [0.5, 0.6) is 11.5 Å². The molecule has 1 N–H and O–H groups in total. The molecule has 6 nitrogen and oxygen atoms in total. The zero-order valence-corrected chi connectivity index (χ0v) is 15.1. The van der Waals surface area contributed by atoms with E-state index >= 15 is 0 Å². The zero-order valence-electron chi connectivity index (χ0n) is 14.3. The Bertz CT molecular complexity index is 661. The molecule has 7 heteroatoms. The molecule has 0 bridgehead atoms. The summed E-state index contributed by atoms with van der Waals surface area (Å²) in [6.07, 6.45) is 4.09. The zero-order chi connectivity index (χ0) is 17.5. The Kier molecular flexibility index (Phi) is 6.11. The maximum Gasteiger partial charge on any atom is 0.257 e. The smallest absolute Gasteiger partial charge is 0.257 e. The lowest BCUT2D eigenvalue weighted by atomic mass is 9.98.